The molecule has 0 bridgehead atoms. The van der Waals surface area contributed by atoms with Gasteiger partial charge in [-0.05, 0) is 49.2 Å². The summed E-state index contributed by atoms with van der Waals surface area (Å²) in [5, 5.41) is 2.68. The predicted molar refractivity (Wildman–Crippen MR) is 126 cm³/mol. The highest BCUT2D eigenvalue weighted by Crippen LogP contribution is 2.22. The normalized spacial score (nSPS) is 14.6. The van der Waals surface area contributed by atoms with Crippen molar-refractivity contribution < 1.29 is 22.4 Å². The Bertz CT molecular complexity index is 1080. The molecule has 1 aliphatic heterocycles. The maximum Gasteiger partial charge on any atom is 0.304 e. The van der Waals surface area contributed by atoms with E-state index < -0.39 is 28.5 Å². The quantitative estimate of drug-likeness (QED) is 0.665. The van der Waals surface area contributed by atoms with Crippen LogP contribution in [0.15, 0.2) is 48.5 Å². The van der Waals surface area contributed by atoms with E-state index in [9.17, 15) is 22.4 Å². The number of hydrogen-bond acceptors (Lipinski definition) is 4. The van der Waals surface area contributed by atoms with E-state index in [1.807, 2.05) is 0 Å². The second-order valence-corrected chi connectivity index (χ2v) is 10.1. The van der Waals surface area contributed by atoms with Crippen molar-refractivity contribution in [2.45, 2.75) is 25.7 Å². The van der Waals surface area contributed by atoms with E-state index in [1.165, 1.54) is 26.2 Å². The van der Waals surface area contributed by atoms with Gasteiger partial charge in [-0.1, -0.05) is 25.0 Å². The molecule has 0 saturated carbocycles. The number of likely N-dealkylation sites (tertiary alicyclic amines) is 1. The molecule has 0 atom stereocenters. The van der Waals surface area contributed by atoms with E-state index >= 15 is 0 Å². The lowest BCUT2D eigenvalue weighted by molar-refractivity contribution is -0.114. The molecule has 178 valence electrons. The maximum absolute atomic E-state index is 13.4. The van der Waals surface area contributed by atoms with E-state index in [4.69, 9.17) is 0 Å². The van der Waals surface area contributed by atoms with Crippen molar-refractivity contribution in [2.24, 2.45) is 0 Å². The molecule has 1 fully saturated rings. The second-order valence-electron chi connectivity index (χ2n) is 8.07. The molecule has 1 heterocycles. The number of benzene rings is 2. The molecule has 0 unspecified atom stereocenters. The Balaban J connectivity index is 1.82. The Hall–Kier alpha value is -2.98. The fourth-order valence-corrected chi connectivity index (χ4v) is 4.72. The van der Waals surface area contributed by atoms with E-state index in [-0.39, 0.29) is 11.6 Å². The van der Waals surface area contributed by atoms with Crippen LogP contribution in [-0.2, 0) is 15.0 Å². The second kappa shape index (κ2) is 10.8. The van der Waals surface area contributed by atoms with Crippen LogP contribution in [0.1, 0.15) is 36.0 Å². The smallest absolute Gasteiger partial charge is 0.304 e. The van der Waals surface area contributed by atoms with Crippen molar-refractivity contribution in [2.75, 3.05) is 43.4 Å². The molecule has 0 aliphatic carbocycles. The molecule has 0 radical (unpaired) electrons. The van der Waals surface area contributed by atoms with Crippen molar-refractivity contribution in [1.29, 1.82) is 0 Å². The number of hydrogen-bond donors (Lipinski definition) is 1. The molecule has 1 N–H and O–H groups in total. The summed E-state index contributed by atoms with van der Waals surface area (Å²) in [5.41, 5.74) is 0.823. The van der Waals surface area contributed by atoms with Crippen LogP contribution < -0.4 is 9.62 Å². The first kappa shape index (κ1) is 24.7. The largest absolute Gasteiger partial charge is 0.339 e. The van der Waals surface area contributed by atoms with Crippen LogP contribution in [0.5, 0.6) is 0 Å². The highest BCUT2D eigenvalue weighted by Gasteiger charge is 2.28. The van der Waals surface area contributed by atoms with E-state index in [0.717, 1.165) is 46.4 Å². The van der Waals surface area contributed by atoms with Gasteiger partial charge in [0.2, 0.25) is 5.91 Å². The maximum atomic E-state index is 13.4. The minimum absolute atomic E-state index is 0.147. The Morgan fingerprint density at radius 1 is 0.970 bits per heavy atom. The third-order valence-electron chi connectivity index (χ3n) is 5.47. The topological polar surface area (TPSA) is 90.0 Å². The minimum Gasteiger partial charge on any atom is -0.339 e. The van der Waals surface area contributed by atoms with Crippen LogP contribution in [-0.4, -0.2) is 63.2 Å². The molecule has 3 rings (SSSR count). The van der Waals surface area contributed by atoms with Crippen LogP contribution in [0.25, 0.3) is 0 Å². The predicted octanol–water partition coefficient (Wildman–Crippen LogP) is 3.09. The van der Waals surface area contributed by atoms with Crippen LogP contribution >= 0.6 is 0 Å². The number of carbonyl (C=O) groups is 2. The minimum atomic E-state index is -4.03. The first-order valence-electron chi connectivity index (χ1n) is 10.8. The average molecular weight is 477 g/mol. The molecule has 2 aromatic rings. The van der Waals surface area contributed by atoms with Gasteiger partial charge in [-0.25, -0.2) is 8.70 Å². The zero-order valence-electron chi connectivity index (χ0n) is 18.8. The van der Waals surface area contributed by atoms with E-state index in [0.29, 0.717) is 24.3 Å². The molecular weight excluding hydrogens is 447 g/mol. The fourth-order valence-electron chi connectivity index (χ4n) is 3.65. The summed E-state index contributed by atoms with van der Waals surface area (Å²) in [5.74, 6) is -1.31. The van der Waals surface area contributed by atoms with Crippen LogP contribution in [0.2, 0.25) is 0 Å². The van der Waals surface area contributed by atoms with Gasteiger partial charge < -0.3 is 10.2 Å². The molecule has 2 amide bonds. The Morgan fingerprint density at radius 3 is 2.18 bits per heavy atom. The lowest BCUT2D eigenvalue weighted by Gasteiger charge is -2.27. The van der Waals surface area contributed by atoms with Gasteiger partial charge in [0.05, 0.1) is 16.9 Å². The molecule has 1 saturated heterocycles. The third-order valence-corrected chi connectivity index (χ3v) is 7.29. The number of para-hydroxylation sites is 1. The number of nitrogens with zero attached hydrogens (tertiary/aromatic N) is 3. The summed E-state index contributed by atoms with van der Waals surface area (Å²) in [6.07, 6.45) is 4.05. The van der Waals surface area contributed by atoms with Gasteiger partial charge in [0.15, 0.2) is 0 Å². The highest BCUT2D eigenvalue weighted by molar-refractivity contribution is 7.90. The van der Waals surface area contributed by atoms with Crippen LogP contribution in [0, 0.1) is 5.82 Å². The van der Waals surface area contributed by atoms with Gasteiger partial charge in [0.25, 0.3) is 5.91 Å². The lowest BCUT2D eigenvalue weighted by Crippen LogP contribution is -2.44. The average Bonchev–Trinajstić information content (AvgIpc) is 3.07. The summed E-state index contributed by atoms with van der Waals surface area (Å²) in [4.78, 5) is 27.8. The first-order valence-corrected chi connectivity index (χ1v) is 12.2. The zero-order chi connectivity index (χ0) is 24.0. The van der Waals surface area contributed by atoms with Crippen molar-refractivity contribution in [3.63, 3.8) is 0 Å². The number of halogens is 1. The summed E-state index contributed by atoms with van der Waals surface area (Å²) < 4.78 is 40.9. The molecule has 33 heavy (non-hydrogen) atoms. The van der Waals surface area contributed by atoms with Gasteiger partial charge in [-0.15, -0.1) is 0 Å². The van der Waals surface area contributed by atoms with Gasteiger partial charge in [-0.3, -0.25) is 9.59 Å². The fraction of sp³-hybridized carbons (Fsp3) is 0.391. The Morgan fingerprint density at radius 2 is 1.58 bits per heavy atom. The summed E-state index contributed by atoms with van der Waals surface area (Å²) in [7, 11) is -1.34. The van der Waals surface area contributed by atoms with E-state index in [2.05, 4.69) is 5.32 Å². The van der Waals surface area contributed by atoms with Crippen molar-refractivity contribution in [1.82, 2.24) is 9.21 Å². The van der Waals surface area contributed by atoms with Crippen LogP contribution in [0.3, 0.4) is 0 Å². The molecule has 0 spiro atoms. The number of anilines is 2. The lowest BCUT2D eigenvalue weighted by atomic mass is 10.1. The van der Waals surface area contributed by atoms with Crippen molar-refractivity contribution >= 4 is 33.4 Å². The van der Waals surface area contributed by atoms with Crippen LogP contribution in [0.4, 0.5) is 15.8 Å². The first-order chi connectivity index (χ1) is 15.7. The standard InChI is InChI=1S/C23H29FN4O4S/c1-26(2)33(31,32)28(19-13-11-18(24)12-14-19)17-22(29)25-21-10-6-5-9-20(21)23(30)27-15-7-3-4-8-16-27/h5-6,9-14H,3-4,7-8,15-17H2,1-2H3,(H,25,29). The van der Waals surface area contributed by atoms with E-state index in [1.54, 1.807) is 29.2 Å². The zero-order valence-corrected chi connectivity index (χ0v) is 19.6. The number of rotatable bonds is 7. The Kier molecular flexibility index (Phi) is 8.04. The number of amides is 2. The number of nitrogens with one attached hydrogen (secondary N) is 1. The van der Waals surface area contributed by atoms with Gasteiger partial charge in [-0.2, -0.15) is 12.7 Å². The molecule has 0 aromatic heterocycles. The Labute approximate surface area is 194 Å². The van der Waals surface area contributed by atoms with Gasteiger partial charge in [0, 0.05) is 27.2 Å². The van der Waals surface area contributed by atoms with Crippen molar-refractivity contribution in [3.05, 3.63) is 59.9 Å². The highest BCUT2D eigenvalue weighted by atomic mass is 32.2. The molecular formula is C23H29FN4O4S. The summed E-state index contributed by atoms with van der Waals surface area (Å²) in [6.45, 7) is 0.791. The van der Waals surface area contributed by atoms with Gasteiger partial charge >= 0.3 is 10.2 Å². The molecule has 2 aromatic carbocycles. The van der Waals surface area contributed by atoms with Gasteiger partial charge in [0.1, 0.15) is 12.4 Å². The molecule has 1 aliphatic rings. The molecule has 10 heteroatoms. The summed E-state index contributed by atoms with van der Waals surface area (Å²) in [6, 6.07) is 11.5. The third kappa shape index (κ3) is 6.08. The SMILES string of the molecule is CN(C)S(=O)(=O)N(CC(=O)Nc1ccccc1C(=O)N1CCCCCC1)c1ccc(F)cc1. The summed E-state index contributed by atoms with van der Waals surface area (Å²) >= 11 is 0. The molecule has 8 nitrogen and oxygen atoms in total. The van der Waals surface area contributed by atoms with Crippen molar-refractivity contribution in [3.8, 4) is 0 Å². The number of carbonyl (C=O) groups excluding carboxylic acids is 2. The monoisotopic (exact) mass is 476 g/mol.